The Labute approximate surface area is 117 Å². The molecule has 20 heavy (non-hydrogen) atoms. The van der Waals surface area contributed by atoms with Crippen molar-refractivity contribution in [1.82, 2.24) is 19.5 Å². The number of hydrogen-bond donors (Lipinski definition) is 1. The van der Waals surface area contributed by atoms with Gasteiger partial charge < -0.3 is 10.5 Å². The van der Waals surface area contributed by atoms with Crippen LogP contribution in [0.1, 0.15) is 38.8 Å². The number of nitrogen functional groups attached to an aromatic ring is 1. The zero-order valence-corrected chi connectivity index (χ0v) is 11.6. The minimum Gasteiger partial charge on any atom is -0.382 e. The van der Waals surface area contributed by atoms with Crippen molar-refractivity contribution in [1.29, 1.82) is 0 Å². The molecule has 3 rings (SSSR count). The minimum atomic E-state index is -0.00979. The molecule has 1 aliphatic rings. The Morgan fingerprint density at radius 3 is 3.10 bits per heavy atom. The molecule has 3 heterocycles. The van der Waals surface area contributed by atoms with Crippen LogP contribution in [0.25, 0.3) is 11.2 Å². The summed E-state index contributed by atoms with van der Waals surface area (Å²) in [6, 6.07) is 0. The van der Waals surface area contributed by atoms with Gasteiger partial charge in [-0.05, 0) is 32.6 Å². The quantitative estimate of drug-likeness (QED) is 0.865. The number of nitrogens with zero attached hydrogens (tertiary/aromatic N) is 4. The molecule has 1 fully saturated rings. The number of nitrogens with two attached hydrogens (primary N) is 1. The third-order valence-electron chi connectivity index (χ3n) is 3.68. The van der Waals surface area contributed by atoms with Gasteiger partial charge in [0, 0.05) is 0 Å². The van der Waals surface area contributed by atoms with Crippen molar-refractivity contribution in [3.05, 3.63) is 24.8 Å². The molecule has 2 N–H and O–H groups in total. The van der Waals surface area contributed by atoms with Crippen LogP contribution in [0.4, 0.5) is 5.82 Å². The Morgan fingerprint density at radius 1 is 1.45 bits per heavy atom. The number of ether oxygens (including phenoxy) is 1. The molecule has 2 aromatic heterocycles. The van der Waals surface area contributed by atoms with E-state index in [9.17, 15) is 0 Å². The molecule has 6 nitrogen and oxygen atoms in total. The lowest BCUT2D eigenvalue weighted by Crippen LogP contribution is -2.11. The predicted octanol–water partition coefficient (Wildman–Crippen LogP) is 2.44. The highest BCUT2D eigenvalue weighted by atomic mass is 16.5. The van der Waals surface area contributed by atoms with Crippen molar-refractivity contribution in [2.75, 3.05) is 5.73 Å². The molecule has 0 spiro atoms. The van der Waals surface area contributed by atoms with E-state index in [4.69, 9.17) is 10.5 Å². The largest absolute Gasteiger partial charge is 0.382 e. The summed E-state index contributed by atoms with van der Waals surface area (Å²) in [5.41, 5.74) is 8.38. The molecule has 0 radical (unpaired) electrons. The summed E-state index contributed by atoms with van der Waals surface area (Å²) in [6.45, 7) is 5.99. The van der Waals surface area contributed by atoms with Crippen LogP contribution < -0.4 is 5.73 Å². The van der Waals surface area contributed by atoms with Gasteiger partial charge in [-0.25, -0.2) is 15.0 Å². The molecule has 2 unspecified atom stereocenters. The molecule has 2 atom stereocenters. The second-order valence-electron chi connectivity index (χ2n) is 5.37. The van der Waals surface area contributed by atoms with Crippen LogP contribution in [0.5, 0.6) is 0 Å². The average molecular weight is 273 g/mol. The highest BCUT2D eigenvalue weighted by Gasteiger charge is 2.27. The summed E-state index contributed by atoms with van der Waals surface area (Å²) in [6.07, 6.45) is 7.53. The van der Waals surface area contributed by atoms with Crippen molar-refractivity contribution in [2.24, 2.45) is 0 Å². The van der Waals surface area contributed by atoms with E-state index in [0.29, 0.717) is 11.3 Å². The highest BCUT2D eigenvalue weighted by Crippen LogP contribution is 2.33. The maximum Gasteiger partial charge on any atom is 0.167 e. The molecule has 0 bridgehead atoms. The van der Waals surface area contributed by atoms with E-state index >= 15 is 0 Å². The Balaban J connectivity index is 1.76. The van der Waals surface area contributed by atoms with Crippen LogP contribution in [0.3, 0.4) is 0 Å². The van der Waals surface area contributed by atoms with Gasteiger partial charge in [0.1, 0.15) is 18.1 Å². The fourth-order valence-corrected chi connectivity index (χ4v) is 2.59. The number of allylic oxidation sites excluding steroid dienone is 1. The van der Waals surface area contributed by atoms with Crippen LogP contribution in [0.2, 0.25) is 0 Å². The highest BCUT2D eigenvalue weighted by molar-refractivity contribution is 5.81. The first-order valence-corrected chi connectivity index (χ1v) is 6.88. The number of rotatable bonds is 4. The number of imidazole rings is 1. The van der Waals surface area contributed by atoms with E-state index in [1.54, 1.807) is 6.33 Å². The third-order valence-corrected chi connectivity index (χ3v) is 3.68. The van der Waals surface area contributed by atoms with E-state index < -0.39 is 0 Å². The predicted molar refractivity (Wildman–Crippen MR) is 76.9 cm³/mol. The summed E-state index contributed by atoms with van der Waals surface area (Å²) in [5, 5.41) is 0. The molecule has 0 amide bonds. The molecule has 1 saturated heterocycles. The van der Waals surface area contributed by atoms with Gasteiger partial charge in [-0.15, -0.1) is 6.58 Å². The topological polar surface area (TPSA) is 78.9 Å². The van der Waals surface area contributed by atoms with E-state index in [2.05, 4.69) is 28.5 Å². The maximum atomic E-state index is 6.08. The van der Waals surface area contributed by atoms with E-state index in [1.807, 2.05) is 4.57 Å². The fraction of sp³-hybridized carbons (Fsp3) is 0.500. The van der Waals surface area contributed by atoms with Gasteiger partial charge in [-0.3, -0.25) is 4.57 Å². The van der Waals surface area contributed by atoms with Gasteiger partial charge in [0.2, 0.25) is 0 Å². The summed E-state index contributed by atoms with van der Waals surface area (Å²) in [5.74, 6) is 0.408. The van der Waals surface area contributed by atoms with Crippen LogP contribution in [0, 0.1) is 0 Å². The van der Waals surface area contributed by atoms with Crippen molar-refractivity contribution in [3.8, 4) is 0 Å². The maximum absolute atomic E-state index is 6.08. The summed E-state index contributed by atoms with van der Waals surface area (Å²) in [4.78, 5) is 12.5. The molecular formula is C14H19N5O. The third kappa shape index (κ3) is 2.38. The van der Waals surface area contributed by atoms with Gasteiger partial charge in [-0.1, -0.05) is 5.57 Å². The zero-order chi connectivity index (χ0) is 14.1. The van der Waals surface area contributed by atoms with Gasteiger partial charge in [0.05, 0.1) is 12.4 Å². The first-order chi connectivity index (χ1) is 9.65. The second kappa shape index (κ2) is 5.20. The van der Waals surface area contributed by atoms with E-state index in [0.717, 1.165) is 31.3 Å². The van der Waals surface area contributed by atoms with E-state index in [1.165, 1.54) is 11.9 Å². The van der Waals surface area contributed by atoms with E-state index in [-0.39, 0.29) is 12.3 Å². The van der Waals surface area contributed by atoms with Gasteiger partial charge in [0.25, 0.3) is 0 Å². The number of fused-ring (bicyclic) bond motifs is 1. The molecule has 106 valence electrons. The number of aromatic nitrogens is 4. The van der Waals surface area contributed by atoms with Crippen LogP contribution in [0.15, 0.2) is 24.8 Å². The fourth-order valence-electron chi connectivity index (χ4n) is 2.59. The van der Waals surface area contributed by atoms with Gasteiger partial charge in [-0.2, -0.15) is 0 Å². The average Bonchev–Trinajstić information content (AvgIpc) is 3.02. The lowest BCUT2D eigenvalue weighted by molar-refractivity contribution is 0.000902. The first kappa shape index (κ1) is 13.1. The zero-order valence-electron chi connectivity index (χ0n) is 11.6. The summed E-state index contributed by atoms with van der Waals surface area (Å²) in [7, 11) is 0. The van der Waals surface area contributed by atoms with Crippen molar-refractivity contribution in [2.45, 2.75) is 44.9 Å². The standard InChI is InChI=1S/C14H19N5O/c1-9(2)3-4-10-5-6-11(20-10)19-8-18-12-13(15)16-7-17-14(12)19/h7-8,10-11H,1,3-6H2,2H3,(H2,15,16,17). The molecule has 6 heteroatoms. The lowest BCUT2D eigenvalue weighted by atomic mass is 10.1. The molecule has 0 saturated carbocycles. The summed E-state index contributed by atoms with van der Waals surface area (Å²) < 4.78 is 8.04. The Morgan fingerprint density at radius 2 is 2.30 bits per heavy atom. The van der Waals surface area contributed by atoms with Crippen molar-refractivity contribution >= 4 is 17.0 Å². The second-order valence-corrected chi connectivity index (χ2v) is 5.37. The Hall–Kier alpha value is -1.95. The van der Waals surface area contributed by atoms with Crippen LogP contribution in [-0.2, 0) is 4.74 Å². The number of hydrogen-bond acceptors (Lipinski definition) is 5. The minimum absolute atomic E-state index is 0.00979. The normalized spacial score (nSPS) is 22.4. The molecular weight excluding hydrogens is 254 g/mol. The summed E-state index contributed by atoms with van der Waals surface area (Å²) >= 11 is 0. The first-order valence-electron chi connectivity index (χ1n) is 6.88. The van der Waals surface area contributed by atoms with Crippen molar-refractivity contribution in [3.63, 3.8) is 0 Å². The SMILES string of the molecule is C=C(C)CCC1CCC(n2cnc3c(N)ncnc32)O1. The lowest BCUT2D eigenvalue weighted by Gasteiger charge is -2.15. The van der Waals surface area contributed by atoms with Gasteiger partial charge >= 0.3 is 0 Å². The van der Waals surface area contributed by atoms with Crippen LogP contribution >= 0.6 is 0 Å². The molecule has 0 aromatic carbocycles. The Bertz CT molecular complexity index is 636. The van der Waals surface area contributed by atoms with Gasteiger partial charge in [0.15, 0.2) is 11.5 Å². The Kier molecular flexibility index (Phi) is 3.40. The monoisotopic (exact) mass is 273 g/mol. The molecule has 1 aliphatic heterocycles. The smallest absolute Gasteiger partial charge is 0.167 e. The van der Waals surface area contributed by atoms with Crippen LogP contribution in [-0.4, -0.2) is 25.6 Å². The molecule has 0 aliphatic carbocycles. The van der Waals surface area contributed by atoms with Crippen molar-refractivity contribution < 1.29 is 4.74 Å². The molecule has 2 aromatic rings. The number of anilines is 1.